The van der Waals surface area contributed by atoms with Gasteiger partial charge in [-0.3, -0.25) is 4.90 Å². The van der Waals surface area contributed by atoms with Gasteiger partial charge in [-0.1, -0.05) is 36.3 Å². The van der Waals surface area contributed by atoms with Gasteiger partial charge in [0.2, 0.25) is 5.95 Å². The summed E-state index contributed by atoms with van der Waals surface area (Å²) in [7, 11) is 0. The molecular weight excluding hydrogens is 325 g/mol. The lowest BCUT2D eigenvalue weighted by Gasteiger charge is -2.28. The Labute approximate surface area is 152 Å². The molecule has 0 bridgehead atoms. The fraction of sp³-hybridized carbons (Fsp3) is 0.182. The van der Waals surface area contributed by atoms with E-state index in [9.17, 15) is 4.39 Å². The molecule has 0 spiro atoms. The maximum atomic E-state index is 14.2. The Morgan fingerprint density at radius 2 is 1.85 bits per heavy atom. The SMILES string of the molecule is Fc1ncc(C#Cc2ccccn2)cc1CN1CCc2ccccc2C1. The zero-order chi connectivity index (χ0) is 17.8. The summed E-state index contributed by atoms with van der Waals surface area (Å²) in [6.45, 7) is 2.28. The third kappa shape index (κ3) is 3.79. The minimum Gasteiger partial charge on any atom is -0.294 e. The van der Waals surface area contributed by atoms with Crippen molar-refractivity contribution >= 4 is 0 Å². The highest BCUT2D eigenvalue weighted by Gasteiger charge is 2.17. The van der Waals surface area contributed by atoms with Crippen LogP contribution < -0.4 is 0 Å². The Morgan fingerprint density at radius 3 is 2.69 bits per heavy atom. The average Bonchev–Trinajstić information content (AvgIpc) is 2.69. The Balaban J connectivity index is 1.52. The number of nitrogens with zero attached hydrogens (tertiary/aromatic N) is 3. The molecule has 2 aromatic heterocycles. The largest absolute Gasteiger partial charge is 0.294 e. The summed E-state index contributed by atoms with van der Waals surface area (Å²) in [5.41, 5.74) is 4.67. The molecule has 1 aromatic carbocycles. The number of halogens is 1. The molecule has 0 aliphatic carbocycles. The Bertz CT molecular complexity index is 973. The molecule has 1 aliphatic heterocycles. The lowest BCUT2D eigenvalue weighted by atomic mass is 9.99. The zero-order valence-corrected chi connectivity index (χ0v) is 14.3. The van der Waals surface area contributed by atoms with Crippen LogP contribution in [-0.4, -0.2) is 21.4 Å². The molecule has 4 rings (SSSR count). The van der Waals surface area contributed by atoms with Gasteiger partial charge in [-0.05, 0) is 41.7 Å². The number of pyridine rings is 2. The number of benzene rings is 1. The number of fused-ring (bicyclic) bond motifs is 1. The topological polar surface area (TPSA) is 29.0 Å². The summed E-state index contributed by atoms with van der Waals surface area (Å²) in [6.07, 6.45) is 4.16. The maximum Gasteiger partial charge on any atom is 0.217 e. The van der Waals surface area contributed by atoms with Crippen molar-refractivity contribution in [2.45, 2.75) is 19.5 Å². The second kappa shape index (κ2) is 7.47. The quantitative estimate of drug-likeness (QED) is 0.526. The van der Waals surface area contributed by atoms with Crippen molar-refractivity contribution in [2.75, 3.05) is 6.54 Å². The van der Waals surface area contributed by atoms with Crippen molar-refractivity contribution in [3.05, 3.63) is 94.8 Å². The van der Waals surface area contributed by atoms with Gasteiger partial charge < -0.3 is 0 Å². The van der Waals surface area contributed by atoms with E-state index in [0.717, 1.165) is 19.5 Å². The summed E-state index contributed by atoms with van der Waals surface area (Å²) in [4.78, 5) is 10.3. The molecule has 3 heterocycles. The van der Waals surface area contributed by atoms with Crippen molar-refractivity contribution in [1.82, 2.24) is 14.9 Å². The first-order valence-electron chi connectivity index (χ1n) is 8.64. The summed E-state index contributed by atoms with van der Waals surface area (Å²) < 4.78 is 14.2. The average molecular weight is 343 g/mol. The third-order valence-electron chi connectivity index (χ3n) is 4.52. The summed E-state index contributed by atoms with van der Waals surface area (Å²) in [5.74, 6) is 5.58. The molecule has 0 saturated heterocycles. The van der Waals surface area contributed by atoms with E-state index in [1.54, 1.807) is 12.3 Å². The molecule has 0 saturated carbocycles. The minimum absolute atomic E-state index is 0.424. The summed E-state index contributed by atoms with van der Waals surface area (Å²) >= 11 is 0. The predicted octanol–water partition coefficient (Wildman–Crippen LogP) is 3.57. The van der Waals surface area contributed by atoms with Crippen LogP contribution in [0.5, 0.6) is 0 Å². The zero-order valence-electron chi connectivity index (χ0n) is 14.3. The van der Waals surface area contributed by atoms with Crippen LogP contribution in [0.2, 0.25) is 0 Å². The molecule has 26 heavy (non-hydrogen) atoms. The third-order valence-corrected chi connectivity index (χ3v) is 4.52. The fourth-order valence-corrected chi connectivity index (χ4v) is 3.18. The molecule has 0 unspecified atom stereocenters. The Morgan fingerprint density at radius 1 is 1.00 bits per heavy atom. The van der Waals surface area contributed by atoms with Crippen molar-refractivity contribution in [3.63, 3.8) is 0 Å². The number of hydrogen-bond acceptors (Lipinski definition) is 3. The monoisotopic (exact) mass is 343 g/mol. The maximum absolute atomic E-state index is 14.2. The molecule has 0 N–H and O–H groups in total. The second-order valence-corrected chi connectivity index (χ2v) is 6.37. The van der Waals surface area contributed by atoms with E-state index in [1.165, 1.54) is 17.3 Å². The summed E-state index contributed by atoms with van der Waals surface area (Å²) in [6, 6.07) is 15.8. The highest BCUT2D eigenvalue weighted by molar-refractivity contribution is 5.40. The predicted molar refractivity (Wildman–Crippen MR) is 98.7 cm³/mol. The fourth-order valence-electron chi connectivity index (χ4n) is 3.18. The summed E-state index contributed by atoms with van der Waals surface area (Å²) in [5, 5.41) is 0. The molecule has 0 atom stereocenters. The van der Waals surface area contributed by atoms with Crippen LogP contribution in [-0.2, 0) is 19.5 Å². The minimum atomic E-state index is -0.424. The van der Waals surface area contributed by atoms with Gasteiger partial charge in [-0.25, -0.2) is 9.97 Å². The van der Waals surface area contributed by atoms with Gasteiger partial charge in [-0.15, -0.1) is 0 Å². The van der Waals surface area contributed by atoms with E-state index in [-0.39, 0.29) is 0 Å². The number of aromatic nitrogens is 2. The first kappa shape index (κ1) is 16.4. The first-order chi connectivity index (χ1) is 12.8. The number of hydrogen-bond donors (Lipinski definition) is 0. The first-order valence-corrected chi connectivity index (χ1v) is 8.64. The Kier molecular flexibility index (Phi) is 4.72. The molecule has 4 heteroatoms. The van der Waals surface area contributed by atoms with Crippen LogP contribution in [0.15, 0.2) is 60.9 Å². The molecule has 3 nitrogen and oxygen atoms in total. The van der Waals surface area contributed by atoms with E-state index < -0.39 is 5.95 Å². The molecule has 0 amide bonds. The van der Waals surface area contributed by atoms with Crippen molar-refractivity contribution in [3.8, 4) is 11.8 Å². The van der Waals surface area contributed by atoms with E-state index in [1.807, 2.05) is 18.2 Å². The van der Waals surface area contributed by atoms with Gasteiger partial charge >= 0.3 is 0 Å². The highest BCUT2D eigenvalue weighted by atomic mass is 19.1. The van der Waals surface area contributed by atoms with E-state index in [4.69, 9.17) is 0 Å². The van der Waals surface area contributed by atoms with E-state index in [0.29, 0.717) is 23.4 Å². The lowest BCUT2D eigenvalue weighted by Crippen LogP contribution is -2.30. The second-order valence-electron chi connectivity index (χ2n) is 6.37. The van der Waals surface area contributed by atoms with Gasteiger partial charge in [0.05, 0.1) is 0 Å². The lowest BCUT2D eigenvalue weighted by molar-refractivity contribution is 0.241. The molecular formula is C22H18FN3. The van der Waals surface area contributed by atoms with Gasteiger partial charge in [0, 0.05) is 43.2 Å². The van der Waals surface area contributed by atoms with E-state index >= 15 is 0 Å². The standard InChI is InChI=1S/C22H18FN3/c23-22-20(16-26-12-10-18-5-1-2-6-19(18)15-26)13-17(14-25-22)8-9-21-7-3-4-11-24-21/h1-7,11,13-14H,10,12,15-16H2. The van der Waals surface area contributed by atoms with Crippen molar-refractivity contribution in [1.29, 1.82) is 0 Å². The van der Waals surface area contributed by atoms with Crippen LogP contribution >= 0.6 is 0 Å². The van der Waals surface area contributed by atoms with Gasteiger partial charge in [0.25, 0.3) is 0 Å². The van der Waals surface area contributed by atoms with Crippen LogP contribution in [0, 0.1) is 17.8 Å². The van der Waals surface area contributed by atoms with Crippen LogP contribution in [0.1, 0.15) is 27.9 Å². The number of rotatable bonds is 2. The van der Waals surface area contributed by atoms with E-state index in [2.05, 4.69) is 51.0 Å². The van der Waals surface area contributed by atoms with Crippen LogP contribution in [0.4, 0.5) is 4.39 Å². The van der Waals surface area contributed by atoms with Gasteiger partial charge in [0.1, 0.15) is 5.69 Å². The molecule has 0 fully saturated rings. The van der Waals surface area contributed by atoms with Crippen LogP contribution in [0.3, 0.4) is 0 Å². The molecule has 1 aliphatic rings. The van der Waals surface area contributed by atoms with Gasteiger partial charge in [-0.2, -0.15) is 4.39 Å². The van der Waals surface area contributed by atoms with Crippen molar-refractivity contribution < 1.29 is 4.39 Å². The van der Waals surface area contributed by atoms with Crippen LogP contribution in [0.25, 0.3) is 0 Å². The molecule has 3 aromatic rings. The Hall–Kier alpha value is -3.03. The van der Waals surface area contributed by atoms with Crippen molar-refractivity contribution in [2.24, 2.45) is 0 Å². The van der Waals surface area contributed by atoms with Gasteiger partial charge in [0.15, 0.2) is 0 Å². The molecule has 0 radical (unpaired) electrons. The smallest absolute Gasteiger partial charge is 0.217 e. The highest BCUT2D eigenvalue weighted by Crippen LogP contribution is 2.21. The molecule has 128 valence electrons. The normalized spacial score (nSPS) is 13.6.